The third-order valence-corrected chi connectivity index (χ3v) is 10.2. The molecule has 3 aliphatic rings. The van der Waals surface area contributed by atoms with Gasteiger partial charge in [0.2, 0.25) is 0 Å². The Morgan fingerprint density at radius 3 is 2.32 bits per heavy atom. The zero-order valence-corrected chi connectivity index (χ0v) is 21.8. The molecule has 5 nitrogen and oxygen atoms in total. The number of alkyl halides is 3. The van der Waals surface area contributed by atoms with Crippen LogP contribution in [0.5, 0.6) is 0 Å². The summed E-state index contributed by atoms with van der Waals surface area (Å²) in [4.78, 5) is 15.6. The van der Waals surface area contributed by atoms with E-state index in [4.69, 9.17) is 0 Å². The van der Waals surface area contributed by atoms with E-state index in [1.165, 1.54) is 5.56 Å². The van der Waals surface area contributed by atoms with Crippen LogP contribution in [0.2, 0.25) is 0 Å². The predicted octanol–water partition coefficient (Wildman–Crippen LogP) is 5.38. The molecular formula is C28H33F3N2O3S. The van der Waals surface area contributed by atoms with Gasteiger partial charge in [0.1, 0.15) is 0 Å². The predicted molar refractivity (Wildman–Crippen MR) is 135 cm³/mol. The van der Waals surface area contributed by atoms with Crippen molar-refractivity contribution in [3.05, 3.63) is 64.7 Å². The molecule has 1 aliphatic heterocycles. The fraction of sp³-hybridized carbons (Fsp3) is 0.536. The van der Waals surface area contributed by atoms with Gasteiger partial charge in [-0.25, -0.2) is 8.42 Å². The van der Waals surface area contributed by atoms with Crippen molar-refractivity contribution in [2.75, 3.05) is 12.3 Å². The molecular weight excluding hydrogens is 501 g/mol. The summed E-state index contributed by atoms with van der Waals surface area (Å²) in [6.07, 6.45) is -0.444. The van der Waals surface area contributed by atoms with Crippen LogP contribution in [0.4, 0.5) is 13.2 Å². The number of fused-ring (bicyclic) bond motifs is 2. The number of halogens is 3. The van der Waals surface area contributed by atoms with Crippen LogP contribution in [-0.4, -0.2) is 43.7 Å². The van der Waals surface area contributed by atoms with Crippen LogP contribution in [0.25, 0.3) is 0 Å². The van der Waals surface area contributed by atoms with E-state index in [-0.39, 0.29) is 47.4 Å². The van der Waals surface area contributed by atoms with Gasteiger partial charge in [-0.1, -0.05) is 25.1 Å². The smallest absolute Gasteiger partial charge is 0.348 e. The van der Waals surface area contributed by atoms with Crippen LogP contribution in [0.15, 0.2) is 47.4 Å². The third kappa shape index (κ3) is 5.43. The highest BCUT2D eigenvalue weighted by Crippen LogP contribution is 2.53. The maximum Gasteiger partial charge on any atom is 0.391 e. The summed E-state index contributed by atoms with van der Waals surface area (Å²) in [7, 11) is -3.27. The second-order valence-corrected chi connectivity index (χ2v) is 13.1. The molecule has 1 spiro atoms. The summed E-state index contributed by atoms with van der Waals surface area (Å²) < 4.78 is 63.4. The maximum absolute atomic E-state index is 13.1. The summed E-state index contributed by atoms with van der Waals surface area (Å²) in [5.41, 5.74) is 3.81. The quantitative estimate of drug-likeness (QED) is 0.541. The number of hydrogen-bond donors (Lipinski definition) is 1. The Bertz CT molecular complexity index is 1260. The van der Waals surface area contributed by atoms with E-state index in [9.17, 15) is 26.4 Å². The number of carbonyl (C=O) groups excluding carboxylic acids is 1. The lowest BCUT2D eigenvalue weighted by molar-refractivity contribution is -0.184. The van der Waals surface area contributed by atoms with Gasteiger partial charge >= 0.3 is 6.18 Å². The Labute approximate surface area is 216 Å². The van der Waals surface area contributed by atoms with Crippen molar-refractivity contribution < 1.29 is 26.4 Å². The van der Waals surface area contributed by atoms with Crippen molar-refractivity contribution in [2.24, 2.45) is 5.92 Å². The van der Waals surface area contributed by atoms with Gasteiger partial charge in [0, 0.05) is 36.7 Å². The highest BCUT2D eigenvalue weighted by atomic mass is 32.2. The minimum Gasteiger partial charge on any atom is -0.348 e. The standard InChI is InChI=1S/C28H33F3N2O3S/c1-2-37(35,36)24-10-3-19(4-11-24)16-32-26(34)20-5-12-25-21(15-20)17-33(18-27(25)13-14-27)23-8-6-22(7-9-23)28(29,30)31/h3-5,10-12,15,22-23H,2,6-9,13-14,16-18H2,1H3,(H,32,34). The number of sulfone groups is 1. The molecule has 0 unspecified atom stereocenters. The van der Waals surface area contributed by atoms with E-state index in [0.29, 0.717) is 24.9 Å². The highest BCUT2D eigenvalue weighted by molar-refractivity contribution is 7.91. The molecule has 2 aromatic carbocycles. The molecule has 1 amide bonds. The van der Waals surface area contributed by atoms with E-state index in [2.05, 4.69) is 16.3 Å². The van der Waals surface area contributed by atoms with Gasteiger partial charge in [-0.15, -0.1) is 0 Å². The first kappa shape index (κ1) is 26.2. The molecule has 5 rings (SSSR count). The van der Waals surface area contributed by atoms with Crippen molar-refractivity contribution in [3.63, 3.8) is 0 Å². The molecule has 37 heavy (non-hydrogen) atoms. The largest absolute Gasteiger partial charge is 0.391 e. The van der Waals surface area contributed by atoms with Gasteiger partial charge in [0.25, 0.3) is 5.91 Å². The van der Waals surface area contributed by atoms with E-state index in [1.54, 1.807) is 31.2 Å². The van der Waals surface area contributed by atoms with Crippen LogP contribution in [0.3, 0.4) is 0 Å². The van der Waals surface area contributed by atoms with Crippen LogP contribution in [0.1, 0.15) is 72.5 Å². The average molecular weight is 535 g/mol. The first-order valence-corrected chi connectivity index (χ1v) is 14.7. The minimum absolute atomic E-state index is 0.0367. The van der Waals surface area contributed by atoms with Gasteiger partial charge < -0.3 is 5.32 Å². The highest BCUT2D eigenvalue weighted by Gasteiger charge is 2.51. The number of nitrogens with one attached hydrogen (secondary N) is 1. The molecule has 0 atom stereocenters. The topological polar surface area (TPSA) is 66.5 Å². The number of nitrogens with zero attached hydrogens (tertiary/aromatic N) is 1. The molecule has 1 N–H and O–H groups in total. The third-order valence-electron chi connectivity index (χ3n) is 8.46. The second kappa shape index (κ2) is 9.73. The Morgan fingerprint density at radius 1 is 1.05 bits per heavy atom. The average Bonchev–Trinajstić information content (AvgIpc) is 3.66. The molecule has 9 heteroatoms. The lowest BCUT2D eigenvalue weighted by atomic mass is 9.81. The molecule has 2 saturated carbocycles. The second-order valence-electron chi connectivity index (χ2n) is 10.8. The lowest BCUT2D eigenvalue weighted by Crippen LogP contribution is -2.46. The monoisotopic (exact) mass is 534 g/mol. The molecule has 2 aromatic rings. The molecule has 0 bridgehead atoms. The van der Waals surface area contributed by atoms with Crippen LogP contribution >= 0.6 is 0 Å². The Hall–Kier alpha value is -2.39. The Balaban J connectivity index is 1.25. The van der Waals surface area contributed by atoms with Crippen LogP contribution < -0.4 is 5.32 Å². The number of hydrogen-bond acceptors (Lipinski definition) is 4. The molecule has 2 fully saturated rings. The molecule has 2 aliphatic carbocycles. The van der Waals surface area contributed by atoms with Crippen molar-refractivity contribution >= 4 is 15.7 Å². The summed E-state index contributed by atoms with van der Waals surface area (Å²) >= 11 is 0. The van der Waals surface area contributed by atoms with E-state index in [1.807, 2.05) is 12.1 Å². The SMILES string of the molecule is CCS(=O)(=O)c1ccc(CNC(=O)c2ccc3c(c2)CN(C2CCC(C(F)(F)F)CC2)CC32CC2)cc1. The van der Waals surface area contributed by atoms with E-state index in [0.717, 1.165) is 30.5 Å². The van der Waals surface area contributed by atoms with Crippen LogP contribution in [-0.2, 0) is 28.3 Å². The Kier molecular flexibility index (Phi) is 6.90. The van der Waals surface area contributed by atoms with Gasteiger partial charge in [-0.3, -0.25) is 9.69 Å². The number of benzene rings is 2. The van der Waals surface area contributed by atoms with Gasteiger partial charge in [0.15, 0.2) is 9.84 Å². The number of amides is 1. The van der Waals surface area contributed by atoms with Crippen molar-refractivity contribution in [3.8, 4) is 0 Å². The van der Waals surface area contributed by atoms with Gasteiger partial charge in [-0.2, -0.15) is 13.2 Å². The van der Waals surface area contributed by atoms with E-state index < -0.39 is 21.9 Å². The van der Waals surface area contributed by atoms with Crippen molar-refractivity contribution in [2.45, 2.75) is 81.1 Å². The zero-order chi connectivity index (χ0) is 26.4. The summed E-state index contributed by atoms with van der Waals surface area (Å²) in [6, 6.07) is 12.5. The summed E-state index contributed by atoms with van der Waals surface area (Å²) in [6.45, 7) is 3.43. The van der Waals surface area contributed by atoms with Crippen LogP contribution in [0, 0.1) is 5.92 Å². The molecule has 0 radical (unpaired) electrons. The zero-order valence-electron chi connectivity index (χ0n) is 21.0. The van der Waals surface area contributed by atoms with Gasteiger partial charge in [0.05, 0.1) is 16.6 Å². The fourth-order valence-electron chi connectivity index (χ4n) is 6.00. The summed E-state index contributed by atoms with van der Waals surface area (Å²) in [5, 5.41) is 2.92. The number of carbonyl (C=O) groups is 1. The molecule has 1 heterocycles. The summed E-state index contributed by atoms with van der Waals surface area (Å²) in [5.74, 6) is -1.35. The maximum atomic E-state index is 13.1. The Morgan fingerprint density at radius 2 is 1.73 bits per heavy atom. The van der Waals surface area contributed by atoms with Gasteiger partial charge in [-0.05, 0) is 79.5 Å². The molecule has 0 aromatic heterocycles. The van der Waals surface area contributed by atoms with Crippen molar-refractivity contribution in [1.29, 1.82) is 0 Å². The first-order valence-electron chi connectivity index (χ1n) is 13.0. The first-order chi connectivity index (χ1) is 17.5. The minimum atomic E-state index is -4.10. The molecule has 200 valence electrons. The van der Waals surface area contributed by atoms with E-state index >= 15 is 0 Å². The van der Waals surface area contributed by atoms with Crippen molar-refractivity contribution in [1.82, 2.24) is 10.2 Å². The number of rotatable bonds is 6. The fourth-order valence-corrected chi connectivity index (χ4v) is 6.89. The lowest BCUT2D eigenvalue weighted by Gasteiger charge is -2.43. The normalized spacial score (nSPS) is 23.5. The molecule has 0 saturated heterocycles.